The minimum Gasteiger partial charge on any atom is -0.507 e. The third kappa shape index (κ3) is 2.42. The summed E-state index contributed by atoms with van der Waals surface area (Å²) in [6.07, 6.45) is 4.18. The lowest BCUT2D eigenvalue weighted by Crippen LogP contribution is -2.12. The molecule has 4 nitrogen and oxygen atoms in total. The van der Waals surface area contributed by atoms with Gasteiger partial charge < -0.3 is 10.8 Å². The summed E-state index contributed by atoms with van der Waals surface area (Å²) < 4.78 is 0. The van der Waals surface area contributed by atoms with Crippen LogP contribution in [0.15, 0.2) is 36.7 Å². The summed E-state index contributed by atoms with van der Waals surface area (Å²) in [6.45, 7) is 1.99. The number of hydrogen-bond donors (Lipinski definition) is 2. The molecule has 1 unspecified atom stereocenters. The summed E-state index contributed by atoms with van der Waals surface area (Å²) in [5.74, 6) is 0.857. The van der Waals surface area contributed by atoms with Gasteiger partial charge in [0.25, 0.3) is 0 Å². The maximum Gasteiger partial charge on any atom is 0.144 e. The van der Waals surface area contributed by atoms with E-state index < -0.39 is 0 Å². The van der Waals surface area contributed by atoms with Gasteiger partial charge in [0.05, 0.1) is 6.04 Å². The molecule has 2 rings (SSSR count). The topological polar surface area (TPSA) is 72.0 Å². The summed E-state index contributed by atoms with van der Waals surface area (Å²) >= 11 is 0. The first-order chi connectivity index (χ1) is 8.22. The highest BCUT2D eigenvalue weighted by molar-refractivity contribution is 5.68. The third-order valence-electron chi connectivity index (χ3n) is 2.66. The molecule has 0 aliphatic heterocycles. The molecule has 1 heterocycles. The lowest BCUT2D eigenvalue weighted by Gasteiger charge is -2.08. The molecule has 1 aromatic heterocycles. The van der Waals surface area contributed by atoms with Crippen molar-refractivity contribution in [2.75, 3.05) is 0 Å². The van der Waals surface area contributed by atoms with Gasteiger partial charge >= 0.3 is 0 Å². The molecule has 0 radical (unpaired) electrons. The SMILES string of the molecule is CCC(N)c1ncc(-c2ccccc2O)cn1. The van der Waals surface area contributed by atoms with Crippen molar-refractivity contribution in [2.24, 2.45) is 5.73 Å². The van der Waals surface area contributed by atoms with E-state index in [2.05, 4.69) is 9.97 Å². The Morgan fingerprint density at radius 3 is 2.47 bits per heavy atom. The van der Waals surface area contributed by atoms with Gasteiger partial charge in [0, 0.05) is 23.5 Å². The predicted octanol–water partition coefficient (Wildman–Crippen LogP) is 2.26. The highest BCUT2D eigenvalue weighted by Gasteiger charge is 2.08. The maximum absolute atomic E-state index is 9.71. The van der Waals surface area contributed by atoms with Crippen molar-refractivity contribution in [3.63, 3.8) is 0 Å². The first-order valence-electron chi connectivity index (χ1n) is 5.58. The number of rotatable bonds is 3. The Hall–Kier alpha value is -1.94. The number of aromatic nitrogens is 2. The Bertz CT molecular complexity index is 496. The van der Waals surface area contributed by atoms with E-state index in [4.69, 9.17) is 5.73 Å². The van der Waals surface area contributed by atoms with Crippen LogP contribution in [0, 0.1) is 0 Å². The third-order valence-corrected chi connectivity index (χ3v) is 2.66. The van der Waals surface area contributed by atoms with E-state index in [9.17, 15) is 5.11 Å². The van der Waals surface area contributed by atoms with E-state index in [0.717, 1.165) is 17.5 Å². The fraction of sp³-hybridized carbons (Fsp3) is 0.231. The highest BCUT2D eigenvalue weighted by atomic mass is 16.3. The summed E-state index contributed by atoms with van der Waals surface area (Å²) in [5, 5.41) is 9.71. The van der Waals surface area contributed by atoms with Gasteiger partial charge in [-0.1, -0.05) is 25.1 Å². The second-order valence-electron chi connectivity index (χ2n) is 3.86. The van der Waals surface area contributed by atoms with Gasteiger partial charge in [-0.2, -0.15) is 0 Å². The normalized spacial score (nSPS) is 12.4. The lowest BCUT2D eigenvalue weighted by molar-refractivity contribution is 0.477. The fourth-order valence-corrected chi connectivity index (χ4v) is 1.57. The average Bonchev–Trinajstić information content (AvgIpc) is 2.39. The average molecular weight is 229 g/mol. The zero-order chi connectivity index (χ0) is 12.3. The number of nitrogens with two attached hydrogens (primary N) is 1. The van der Waals surface area contributed by atoms with Gasteiger partial charge in [0.15, 0.2) is 0 Å². The molecule has 1 aromatic carbocycles. The van der Waals surface area contributed by atoms with Crippen LogP contribution in [0.5, 0.6) is 5.75 Å². The molecule has 3 N–H and O–H groups in total. The van der Waals surface area contributed by atoms with Crippen molar-refractivity contribution in [3.8, 4) is 16.9 Å². The van der Waals surface area contributed by atoms with E-state index in [0.29, 0.717) is 5.82 Å². The van der Waals surface area contributed by atoms with Crippen LogP contribution in [0.25, 0.3) is 11.1 Å². The number of aromatic hydroxyl groups is 1. The fourth-order valence-electron chi connectivity index (χ4n) is 1.57. The number of phenolic OH excluding ortho intramolecular Hbond substituents is 1. The smallest absolute Gasteiger partial charge is 0.144 e. The Morgan fingerprint density at radius 1 is 1.24 bits per heavy atom. The molecule has 0 fully saturated rings. The molecular weight excluding hydrogens is 214 g/mol. The van der Waals surface area contributed by atoms with Crippen LogP contribution in [-0.4, -0.2) is 15.1 Å². The summed E-state index contributed by atoms with van der Waals surface area (Å²) in [6, 6.07) is 6.98. The van der Waals surface area contributed by atoms with E-state index in [1.165, 1.54) is 0 Å². The van der Waals surface area contributed by atoms with Crippen molar-refractivity contribution in [1.82, 2.24) is 9.97 Å². The molecule has 2 aromatic rings. The first-order valence-corrected chi connectivity index (χ1v) is 5.58. The molecular formula is C13H15N3O. The molecule has 0 spiro atoms. The monoisotopic (exact) mass is 229 g/mol. The van der Waals surface area contributed by atoms with Crippen molar-refractivity contribution < 1.29 is 5.11 Å². The van der Waals surface area contributed by atoms with Gasteiger partial charge in [0.2, 0.25) is 0 Å². The Labute approximate surface area is 100 Å². The zero-order valence-electron chi connectivity index (χ0n) is 9.67. The molecule has 0 saturated carbocycles. The minimum absolute atomic E-state index is 0.131. The van der Waals surface area contributed by atoms with Gasteiger partial charge in [-0.3, -0.25) is 0 Å². The minimum atomic E-state index is -0.131. The van der Waals surface area contributed by atoms with Crippen LogP contribution in [0.1, 0.15) is 25.2 Å². The van der Waals surface area contributed by atoms with Gasteiger partial charge in [-0.05, 0) is 12.5 Å². The highest BCUT2D eigenvalue weighted by Crippen LogP contribution is 2.27. The molecule has 17 heavy (non-hydrogen) atoms. The number of benzene rings is 1. The van der Waals surface area contributed by atoms with Crippen molar-refractivity contribution in [2.45, 2.75) is 19.4 Å². The molecule has 88 valence electrons. The number of para-hydroxylation sites is 1. The van der Waals surface area contributed by atoms with Crippen molar-refractivity contribution >= 4 is 0 Å². The maximum atomic E-state index is 9.71. The standard InChI is InChI=1S/C13H15N3O/c1-2-11(14)13-15-7-9(8-16-13)10-5-3-4-6-12(10)17/h3-8,11,17H,2,14H2,1H3. The van der Waals surface area contributed by atoms with Crippen LogP contribution in [0.4, 0.5) is 0 Å². The second-order valence-corrected chi connectivity index (χ2v) is 3.86. The molecule has 0 saturated heterocycles. The molecule has 0 aliphatic carbocycles. The lowest BCUT2D eigenvalue weighted by atomic mass is 10.1. The van der Waals surface area contributed by atoms with Crippen molar-refractivity contribution in [1.29, 1.82) is 0 Å². The predicted molar refractivity (Wildman–Crippen MR) is 66.4 cm³/mol. The Balaban J connectivity index is 2.33. The van der Waals surface area contributed by atoms with Crippen LogP contribution in [0.3, 0.4) is 0 Å². The molecule has 0 amide bonds. The quantitative estimate of drug-likeness (QED) is 0.846. The van der Waals surface area contributed by atoms with Crippen LogP contribution in [-0.2, 0) is 0 Å². The van der Waals surface area contributed by atoms with E-state index in [-0.39, 0.29) is 11.8 Å². The molecule has 0 bridgehead atoms. The van der Waals surface area contributed by atoms with E-state index in [1.807, 2.05) is 19.1 Å². The Kier molecular flexibility index (Phi) is 3.35. The number of hydrogen-bond acceptors (Lipinski definition) is 4. The van der Waals surface area contributed by atoms with Gasteiger partial charge in [0.1, 0.15) is 11.6 Å². The summed E-state index contributed by atoms with van der Waals surface area (Å²) in [5.41, 5.74) is 7.35. The van der Waals surface area contributed by atoms with Crippen molar-refractivity contribution in [3.05, 3.63) is 42.5 Å². The second kappa shape index (κ2) is 4.93. The van der Waals surface area contributed by atoms with Crippen LogP contribution < -0.4 is 5.73 Å². The van der Waals surface area contributed by atoms with Crippen LogP contribution >= 0.6 is 0 Å². The summed E-state index contributed by atoms with van der Waals surface area (Å²) in [7, 11) is 0. The Morgan fingerprint density at radius 2 is 1.88 bits per heavy atom. The molecule has 1 atom stereocenters. The largest absolute Gasteiger partial charge is 0.507 e. The summed E-state index contributed by atoms with van der Waals surface area (Å²) in [4.78, 5) is 8.44. The number of nitrogens with zero attached hydrogens (tertiary/aromatic N) is 2. The van der Waals surface area contributed by atoms with Gasteiger partial charge in [-0.25, -0.2) is 9.97 Å². The first kappa shape index (κ1) is 11.5. The zero-order valence-corrected chi connectivity index (χ0v) is 9.67. The van der Waals surface area contributed by atoms with E-state index >= 15 is 0 Å². The molecule has 0 aliphatic rings. The van der Waals surface area contributed by atoms with Crippen LogP contribution in [0.2, 0.25) is 0 Å². The number of phenols is 1. The van der Waals surface area contributed by atoms with Gasteiger partial charge in [-0.15, -0.1) is 0 Å². The molecule has 4 heteroatoms. The van der Waals surface area contributed by atoms with E-state index in [1.54, 1.807) is 24.5 Å².